The van der Waals surface area contributed by atoms with Gasteiger partial charge in [0.25, 0.3) is 0 Å². The normalized spacial score (nSPS) is 11.2. The molecule has 0 amide bonds. The Morgan fingerprint density at radius 1 is 0.962 bits per heavy atom. The molecular weight excluding hydrogens is 344 g/mol. The monoisotopic (exact) mass is 362 g/mol. The van der Waals surface area contributed by atoms with Gasteiger partial charge in [0.1, 0.15) is 12.4 Å². The first-order valence-electron chi connectivity index (χ1n) is 8.38. The molecule has 3 aromatic carbocycles. The number of hydrogen-bond acceptors (Lipinski definition) is 2. The minimum absolute atomic E-state index is 0.108. The van der Waals surface area contributed by atoms with Crippen molar-refractivity contribution in [3.05, 3.63) is 107 Å². The predicted octanol–water partition coefficient (Wildman–Crippen LogP) is 6.21. The van der Waals surface area contributed by atoms with Crippen LogP contribution in [0.1, 0.15) is 28.4 Å². The first-order chi connectivity index (χ1) is 12.6. The number of carbonyl (C=O) groups excluding carboxylic acids is 1. The summed E-state index contributed by atoms with van der Waals surface area (Å²) in [5, 5.41) is 0.460. The van der Waals surface area contributed by atoms with Gasteiger partial charge in [0.05, 0.1) is 5.02 Å². The van der Waals surface area contributed by atoms with Crippen molar-refractivity contribution in [2.24, 2.45) is 0 Å². The number of ether oxygens (including phenoxy) is 1. The molecule has 0 aliphatic rings. The zero-order valence-corrected chi connectivity index (χ0v) is 15.2. The number of halogens is 1. The maximum absolute atomic E-state index is 12.5. The molecule has 0 spiro atoms. The van der Waals surface area contributed by atoms with Gasteiger partial charge in [-0.3, -0.25) is 4.79 Å². The molecule has 0 N–H and O–H groups in total. The molecule has 0 fully saturated rings. The van der Waals surface area contributed by atoms with Crippen LogP contribution in [0.5, 0.6) is 5.75 Å². The van der Waals surface area contributed by atoms with Crippen molar-refractivity contribution in [1.82, 2.24) is 0 Å². The molecule has 26 heavy (non-hydrogen) atoms. The molecule has 2 nitrogen and oxygen atoms in total. The fourth-order valence-electron chi connectivity index (χ4n) is 2.59. The van der Waals surface area contributed by atoms with Crippen LogP contribution in [0, 0.1) is 0 Å². The summed E-state index contributed by atoms with van der Waals surface area (Å²) in [7, 11) is 0. The Balaban J connectivity index is 1.74. The van der Waals surface area contributed by atoms with Crippen LogP contribution in [0.3, 0.4) is 0 Å². The zero-order valence-electron chi connectivity index (χ0n) is 14.5. The second kappa shape index (κ2) is 8.50. The standard InChI is InChI=1S/C23H19ClO2/c1-17(14-23(25)21-12-5-6-13-22(21)24)19-10-7-11-20(15-19)26-16-18-8-3-2-4-9-18/h2-15H,16H2,1H3/b17-14+. The summed E-state index contributed by atoms with van der Waals surface area (Å²) in [5.41, 5.74) is 3.42. The van der Waals surface area contributed by atoms with Gasteiger partial charge in [0.15, 0.2) is 5.78 Å². The third kappa shape index (κ3) is 4.62. The molecule has 130 valence electrons. The fourth-order valence-corrected chi connectivity index (χ4v) is 2.82. The van der Waals surface area contributed by atoms with Gasteiger partial charge in [0.2, 0.25) is 0 Å². The summed E-state index contributed by atoms with van der Waals surface area (Å²) < 4.78 is 5.86. The van der Waals surface area contributed by atoms with Crippen molar-refractivity contribution in [2.75, 3.05) is 0 Å². The van der Waals surface area contributed by atoms with E-state index in [1.54, 1.807) is 24.3 Å². The summed E-state index contributed by atoms with van der Waals surface area (Å²) in [4.78, 5) is 12.5. The highest BCUT2D eigenvalue weighted by atomic mass is 35.5. The summed E-state index contributed by atoms with van der Waals surface area (Å²) >= 11 is 6.10. The molecule has 0 atom stereocenters. The zero-order chi connectivity index (χ0) is 18.4. The second-order valence-electron chi connectivity index (χ2n) is 5.97. The van der Waals surface area contributed by atoms with Crippen LogP contribution >= 0.6 is 11.6 Å². The molecule has 0 heterocycles. The van der Waals surface area contributed by atoms with E-state index in [-0.39, 0.29) is 5.78 Å². The molecule has 0 unspecified atom stereocenters. The van der Waals surface area contributed by atoms with E-state index in [1.165, 1.54) is 0 Å². The van der Waals surface area contributed by atoms with Crippen LogP contribution in [-0.2, 0) is 6.61 Å². The van der Waals surface area contributed by atoms with Crippen molar-refractivity contribution in [3.8, 4) is 5.75 Å². The number of benzene rings is 3. The third-order valence-corrected chi connectivity index (χ3v) is 4.35. The first kappa shape index (κ1) is 18.0. The lowest BCUT2D eigenvalue weighted by atomic mass is 10.0. The highest BCUT2D eigenvalue weighted by Crippen LogP contribution is 2.23. The van der Waals surface area contributed by atoms with E-state index in [0.717, 1.165) is 22.4 Å². The smallest absolute Gasteiger partial charge is 0.187 e. The summed E-state index contributed by atoms with van der Waals surface area (Å²) in [5.74, 6) is 0.660. The van der Waals surface area contributed by atoms with E-state index in [9.17, 15) is 4.79 Å². The highest BCUT2D eigenvalue weighted by molar-refractivity contribution is 6.34. The van der Waals surface area contributed by atoms with Gasteiger partial charge >= 0.3 is 0 Å². The van der Waals surface area contributed by atoms with Crippen molar-refractivity contribution >= 4 is 23.0 Å². The highest BCUT2D eigenvalue weighted by Gasteiger charge is 2.08. The molecule has 3 heteroatoms. The number of hydrogen-bond donors (Lipinski definition) is 0. The Hall–Kier alpha value is -2.84. The van der Waals surface area contributed by atoms with Gasteiger partial charge in [-0.05, 0) is 54.0 Å². The van der Waals surface area contributed by atoms with Gasteiger partial charge in [-0.2, -0.15) is 0 Å². The summed E-state index contributed by atoms with van der Waals surface area (Å²) in [6, 6.07) is 24.8. The minimum Gasteiger partial charge on any atom is -0.489 e. The maximum Gasteiger partial charge on any atom is 0.187 e. The number of carbonyl (C=O) groups is 1. The maximum atomic E-state index is 12.5. The van der Waals surface area contributed by atoms with Gasteiger partial charge in [-0.25, -0.2) is 0 Å². The Labute approximate surface area is 158 Å². The molecule has 0 aliphatic carbocycles. The van der Waals surface area contributed by atoms with Crippen LogP contribution in [-0.4, -0.2) is 5.78 Å². The molecule has 0 saturated heterocycles. The quantitative estimate of drug-likeness (QED) is 0.385. The average Bonchev–Trinajstić information content (AvgIpc) is 2.67. The lowest BCUT2D eigenvalue weighted by molar-refractivity contribution is 0.104. The Bertz CT molecular complexity index is 930. The van der Waals surface area contributed by atoms with E-state index in [1.807, 2.05) is 67.6 Å². The second-order valence-corrected chi connectivity index (χ2v) is 6.38. The topological polar surface area (TPSA) is 26.3 Å². The molecule has 0 aliphatic heterocycles. The van der Waals surface area contributed by atoms with Crippen molar-refractivity contribution < 1.29 is 9.53 Å². The van der Waals surface area contributed by atoms with E-state index in [2.05, 4.69) is 0 Å². The Kier molecular flexibility index (Phi) is 5.88. The van der Waals surface area contributed by atoms with E-state index in [4.69, 9.17) is 16.3 Å². The lowest BCUT2D eigenvalue weighted by Gasteiger charge is -2.09. The Morgan fingerprint density at radius 2 is 1.69 bits per heavy atom. The van der Waals surface area contributed by atoms with E-state index >= 15 is 0 Å². The fraction of sp³-hybridized carbons (Fsp3) is 0.0870. The van der Waals surface area contributed by atoms with Gasteiger partial charge in [-0.15, -0.1) is 0 Å². The average molecular weight is 363 g/mol. The van der Waals surface area contributed by atoms with Gasteiger partial charge < -0.3 is 4.74 Å². The van der Waals surface area contributed by atoms with Gasteiger partial charge in [-0.1, -0.05) is 66.2 Å². The number of ketones is 1. The molecule has 3 rings (SSSR count). The van der Waals surface area contributed by atoms with Crippen LogP contribution in [0.2, 0.25) is 5.02 Å². The number of rotatable bonds is 6. The van der Waals surface area contributed by atoms with Crippen LogP contribution in [0.15, 0.2) is 84.9 Å². The summed E-state index contributed by atoms with van der Waals surface area (Å²) in [6.07, 6.45) is 1.61. The summed E-state index contributed by atoms with van der Waals surface area (Å²) in [6.45, 7) is 2.41. The third-order valence-electron chi connectivity index (χ3n) is 4.02. The SMILES string of the molecule is C/C(=C\C(=O)c1ccccc1Cl)c1cccc(OCc2ccccc2)c1. The molecular formula is C23H19ClO2. The van der Waals surface area contributed by atoms with Crippen molar-refractivity contribution in [1.29, 1.82) is 0 Å². The van der Waals surface area contributed by atoms with Crippen molar-refractivity contribution in [2.45, 2.75) is 13.5 Å². The van der Waals surface area contributed by atoms with Crippen LogP contribution < -0.4 is 4.74 Å². The predicted molar refractivity (Wildman–Crippen MR) is 107 cm³/mol. The van der Waals surface area contributed by atoms with E-state index < -0.39 is 0 Å². The van der Waals surface area contributed by atoms with Crippen LogP contribution in [0.4, 0.5) is 0 Å². The molecule has 0 aromatic heterocycles. The Morgan fingerprint density at radius 3 is 2.46 bits per heavy atom. The van der Waals surface area contributed by atoms with Gasteiger partial charge in [0, 0.05) is 5.56 Å². The largest absolute Gasteiger partial charge is 0.489 e. The van der Waals surface area contributed by atoms with Crippen LogP contribution in [0.25, 0.3) is 5.57 Å². The lowest BCUT2D eigenvalue weighted by Crippen LogP contribution is -1.97. The molecule has 3 aromatic rings. The van der Waals surface area contributed by atoms with E-state index in [0.29, 0.717) is 17.2 Å². The van der Waals surface area contributed by atoms with Crippen molar-refractivity contribution in [3.63, 3.8) is 0 Å². The minimum atomic E-state index is -0.108. The molecule has 0 saturated carbocycles. The molecule has 0 bridgehead atoms. The number of allylic oxidation sites excluding steroid dienone is 2. The first-order valence-corrected chi connectivity index (χ1v) is 8.75. The molecule has 0 radical (unpaired) electrons.